The molecule has 0 saturated carbocycles. The number of hydrogen-bond donors (Lipinski definition) is 0. The van der Waals surface area contributed by atoms with Crippen LogP contribution in [0.3, 0.4) is 0 Å². The number of aromatic nitrogens is 2. The molecule has 0 fully saturated rings. The summed E-state index contributed by atoms with van der Waals surface area (Å²) in [7, 11) is 0. The average molecular weight is 407 g/mol. The summed E-state index contributed by atoms with van der Waals surface area (Å²) >= 11 is 1.97. The van der Waals surface area contributed by atoms with Gasteiger partial charge >= 0.3 is 0 Å². The molecule has 3 rings (SSSR count). The lowest BCUT2D eigenvalue weighted by molar-refractivity contribution is 0.563. The largest absolute Gasteiger partial charge is 0.252 e. The van der Waals surface area contributed by atoms with Gasteiger partial charge < -0.3 is 0 Å². The van der Waals surface area contributed by atoms with Gasteiger partial charge in [-0.3, -0.25) is 4.98 Å². The van der Waals surface area contributed by atoms with Crippen molar-refractivity contribution in [2.45, 2.75) is 76.0 Å². The van der Waals surface area contributed by atoms with E-state index >= 15 is 0 Å². The number of para-hydroxylation sites is 2. The summed E-state index contributed by atoms with van der Waals surface area (Å²) in [6.07, 6.45) is 15.8. The standard InChI is InChI=1S/C26H34N2S/c1-2-3-4-5-6-7-8-9-10-13-20-29-23-18-16-22(17-19-23)26-21-27-24-14-11-12-15-25(24)28-26/h11-12,14-19,21H,2-10,13,20H2,1H3. The van der Waals surface area contributed by atoms with Crippen LogP contribution in [0.1, 0.15) is 71.1 Å². The van der Waals surface area contributed by atoms with Crippen molar-refractivity contribution in [3.05, 3.63) is 54.7 Å². The van der Waals surface area contributed by atoms with Crippen LogP contribution >= 0.6 is 11.8 Å². The molecule has 0 saturated heterocycles. The highest BCUT2D eigenvalue weighted by Crippen LogP contribution is 2.25. The van der Waals surface area contributed by atoms with Crippen molar-refractivity contribution in [3.8, 4) is 11.3 Å². The van der Waals surface area contributed by atoms with Gasteiger partial charge in [-0.2, -0.15) is 0 Å². The Hall–Kier alpha value is -1.87. The van der Waals surface area contributed by atoms with Gasteiger partial charge in [0.2, 0.25) is 0 Å². The fourth-order valence-electron chi connectivity index (χ4n) is 3.60. The van der Waals surface area contributed by atoms with Gasteiger partial charge in [-0.1, -0.05) is 89.0 Å². The summed E-state index contributed by atoms with van der Waals surface area (Å²) in [4.78, 5) is 10.6. The molecule has 154 valence electrons. The van der Waals surface area contributed by atoms with E-state index in [9.17, 15) is 0 Å². The number of unbranched alkanes of at least 4 members (excludes halogenated alkanes) is 9. The van der Waals surface area contributed by atoms with Crippen LogP contribution in [-0.4, -0.2) is 15.7 Å². The smallest absolute Gasteiger partial charge is 0.0894 e. The van der Waals surface area contributed by atoms with Gasteiger partial charge in [0.05, 0.1) is 22.9 Å². The molecule has 0 N–H and O–H groups in total. The monoisotopic (exact) mass is 406 g/mol. The zero-order valence-electron chi connectivity index (χ0n) is 17.8. The fraction of sp³-hybridized carbons (Fsp3) is 0.462. The topological polar surface area (TPSA) is 25.8 Å². The minimum Gasteiger partial charge on any atom is -0.252 e. The second kappa shape index (κ2) is 12.6. The van der Waals surface area contributed by atoms with Crippen LogP contribution in [0.2, 0.25) is 0 Å². The van der Waals surface area contributed by atoms with E-state index in [1.807, 2.05) is 42.2 Å². The number of hydrogen-bond acceptors (Lipinski definition) is 3. The van der Waals surface area contributed by atoms with Gasteiger partial charge in [0.15, 0.2) is 0 Å². The van der Waals surface area contributed by atoms with E-state index in [2.05, 4.69) is 36.2 Å². The first-order valence-electron chi connectivity index (χ1n) is 11.3. The van der Waals surface area contributed by atoms with E-state index in [1.165, 1.54) is 74.9 Å². The molecule has 0 atom stereocenters. The van der Waals surface area contributed by atoms with E-state index in [1.54, 1.807) is 0 Å². The first kappa shape index (κ1) is 21.8. The predicted octanol–water partition coefficient (Wildman–Crippen LogP) is 8.31. The maximum absolute atomic E-state index is 4.74. The number of thioether (sulfide) groups is 1. The molecule has 1 heterocycles. The molecular weight excluding hydrogens is 372 g/mol. The van der Waals surface area contributed by atoms with Crippen molar-refractivity contribution in [2.75, 3.05) is 5.75 Å². The summed E-state index contributed by atoms with van der Waals surface area (Å²) in [5.74, 6) is 1.21. The lowest BCUT2D eigenvalue weighted by Crippen LogP contribution is -1.88. The van der Waals surface area contributed by atoms with Crippen LogP contribution in [0.25, 0.3) is 22.3 Å². The van der Waals surface area contributed by atoms with Crippen molar-refractivity contribution < 1.29 is 0 Å². The highest BCUT2D eigenvalue weighted by Gasteiger charge is 2.03. The highest BCUT2D eigenvalue weighted by atomic mass is 32.2. The molecule has 0 aliphatic carbocycles. The van der Waals surface area contributed by atoms with Gasteiger partial charge in [0, 0.05) is 10.5 Å². The summed E-state index contributed by atoms with van der Waals surface area (Å²) in [6.45, 7) is 2.28. The first-order chi connectivity index (χ1) is 14.4. The Balaban J connectivity index is 1.33. The third kappa shape index (κ3) is 7.47. The second-order valence-electron chi connectivity index (χ2n) is 7.80. The Morgan fingerprint density at radius 2 is 1.31 bits per heavy atom. The Bertz CT molecular complexity index is 845. The van der Waals surface area contributed by atoms with Crippen LogP contribution in [0, 0.1) is 0 Å². The molecule has 2 aromatic carbocycles. The average Bonchev–Trinajstić information content (AvgIpc) is 2.77. The van der Waals surface area contributed by atoms with E-state index in [0.717, 1.165) is 22.3 Å². The summed E-state index contributed by atoms with van der Waals surface area (Å²) in [5.41, 5.74) is 3.96. The van der Waals surface area contributed by atoms with E-state index in [0.29, 0.717) is 0 Å². The van der Waals surface area contributed by atoms with E-state index in [-0.39, 0.29) is 0 Å². The van der Waals surface area contributed by atoms with Crippen LogP contribution in [-0.2, 0) is 0 Å². The van der Waals surface area contributed by atoms with Gasteiger partial charge in [-0.15, -0.1) is 11.8 Å². The predicted molar refractivity (Wildman–Crippen MR) is 128 cm³/mol. The first-order valence-corrected chi connectivity index (χ1v) is 12.3. The lowest BCUT2D eigenvalue weighted by atomic mass is 10.1. The Morgan fingerprint density at radius 3 is 2.00 bits per heavy atom. The van der Waals surface area contributed by atoms with E-state index in [4.69, 9.17) is 4.98 Å². The summed E-state index contributed by atoms with van der Waals surface area (Å²) < 4.78 is 0. The van der Waals surface area contributed by atoms with Gasteiger partial charge in [0.25, 0.3) is 0 Å². The van der Waals surface area contributed by atoms with Crippen LogP contribution < -0.4 is 0 Å². The Morgan fingerprint density at radius 1 is 0.690 bits per heavy atom. The maximum atomic E-state index is 4.74. The number of benzene rings is 2. The highest BCUT2D eigenvalue weighted by molar-refractivity contribution is 7.99. The fourth-order valence-corrected chi connectivity index (χ4v) is 4.51. The van der Waals surface area contributed by atoms with Crippen molar-refractivity contribution in [3.63, 3.8) is 0 Å². The molecule has 1 aromatic heterocycles. The number of nitrogens with zero attached hydrogens (tertiary/aromatic N) is 2. The van der Waals surface area contributed by atoms with Crippen molar-refractivity contribution in [1.82, 2.24) is 9.97 Å². The van der Waals surface area contributed by atoms with Crippen molar-refractivity contribution >= 4 is 22.8 Å². The number of rotatable bonds is 13. The normalized spacial score (nSPS) is 11.2. The molecule has 0 spiro atoms. The Kier molecular flexibility index (Phi) is 9.52. The molecular formula is C26H34N2S. The molecule has 0 unspecified atom stereocenters. The molecule has 3 heteroatoms. The third-order valence-corrected chi connectivity index (χ3v) is 6.46. The van der Waals surface area contributed by atoms with Crippen molar-refractivity contribution in [1.29, 1.82) is 0 Å². The summed E-state index contributed by atoms with van der Waals surface area (Å²) in [5, 5.41) is 0. The van der Waals surface area contributed by atoms with Crippen LogP contribution in [0.15, 0.2) is 59.6 Å². The maximum Gasteiger partial charge on any atom is 0.0894 e. The Labute approximate surface area is 180 Å². The van der Waals surface area contributed by atoms with Gasteiger partial charge in [-0.05, 0) is 36.4 Å². The van der Waals surface area contributed by atoms with Crippen LogP contribution in [0.4, 0.5) is 0 Å². The second-order valence-corrected chi connectivity index (χ2v) is 8.97. The van der Waals surface area contributed by atoms with E-state index < -0.39 is 0 Å². The molecule has 0 aliphatic heterocycles. The molecule has 0 amide bonds. The lowest BCUT2D eigenvalue weighted by Gasteiger charge is -2.05. The molecule has 3 aromatic rings. The molecule has 0 aliphatic rings. The van der Waals surface area contributed by atoms with Crippen LogP contribution in [0.5, 0.6) is 0 Å². The zero-order valence-corrected chi connectivity index (χ0v) is 18.6. The quantitative estimate of drug-likeness (QED) is 0.211. The third-order valence-electron chi connectivity index (χ3n) is 5.37. The van der Waals surface area contributed by atoms with Gasteiger partial charge in [0.1, 0.15) is 0 Å². The zero-order chi connectivity index (χ0) is 20.2. The minimum absolute atomic E-state index is 0.940. The minimum atomic E-state index is 0.940. The van der Waals surface area contributed by atoms with Gasteiger partial charge in [-0.25, -0.2) is 4.98 Å². The van der Waals surface area contributed by atoms with Crippen molar-refractivity contribution in [2.24, 2.45) is 0 Å². The molecule has 2 nitrogen and oxygen atoms in total. The molecule has 29 heavy (non-hydrogen) atoms. The molecule has 0 bridgehead atoms. The molecule has 0 radical (unpaired) electrons. The SMILES string of the molecule is CCCCCCCCCCCCSc1ccc(-c2cnc3ccccc3n2)cc1. The summed E-state index contributed by atoms with van der Waals surface area (Å²) in [6, 6.07) is 16.8. The number of fused-ring (bicyclic) bond motifs is 1.